The predicted octanol–water partition coefficient (Wildman–Crippen LogP) is 1.11. The molecule has 0 aromatic heterocycles. The van der Waals surface area contributed by atoms with Crippen LogP contribution in [0.4, 0.5) is 4.79 Å². The number of amides is 1. The Balaban J connectivity index is 1.56. The number of carbonyl (C=O) groups is 1. The predicted molar refractivity (Wildman–Crippen MR) is 73.2 cm³/mol. The monoisotopic (exact) mass is 280 g/mol. The van der Waals surface area contributed by atoms with Gasteiger partial charge >= 0.3 is 6.09 Å². The Bertz CT molecular complexity index is 410. The van der Waals surface area contributed by atoms with Crippen LogP contribution < -0.4 is 5.32 Å². The van der Waals surface area contributed by atoms with Crippen LogP contribution in [-0.2, 0) is 4.74 Å². The summed E-state index contributed by atoms with van der Waals surface area (Å²) in [5.41, 5.74) is 0. The van der Waals surface area contributed by atoms with Crippen molar-refractivity contribution in [1.82, 2.24) is 10.2 Å². The molecule has 20 heavy (non-hydrogen) atoms. The molecule has 4 aliphatic rings. The number of hydrogen-bond donors (Lipinski definition) is 2. The summed E-state index contributed by atoms with van der Waals surface area (Å²) in [5, 5.41) is 14.2. The molecule has 5 heteroatoms. The zero-order valence-corrected chi connectivity index (χ0v) is 12.0. The minimum Gasteiger partial charge on any atom is -0.450 e. The molecule has 1 aliphatic carbocycles. The van der Waals surface area contributed by atoms with Crippen molar-refractivity contribution in [3.63, 3.8) is 0 Å². The first-order valence-corrected chi connectivity index (χ1v) is 8.10. The van der Waals surface area contributed by atoms with E-state index >= 15 is 0 Å². The minimum atomic E-state index is -0.431. The number of rotatable bonds is 2. The van der Waals surface area contributed by atoms with Crippen LogP contribution in [0, 0.1) is 11.8 Å². The van der Waals surface area contributed by atoms with E-state index in [2.05, 4.69) is 5.32 Å². The topological polar surface area (TPSA) is 61.8 Å². The molecule has 112 valence electrons. The largest absolute Gasteiger partial charge is 0.450 e. The molecule has 3 aliphatic heterocycles. The van der Waals surface area contributed by atoms with Gasteiger partial charge in [-0.1, -0.05) is 6.42 Å². The van der Waals surface area contributed by atoms with Gasteiger partial charge in [-0.05, 0) is 44.4 Å². The molecule has 3 heterocycles. The van der Waals surface area contributed by atoms with Gasteiger partial charge in [-0.15, -0.1) is 0 Å². The number of aliphatic hydroxyl groups excluding tert-OH is 1. The van der Waals surface area contributed by atoms with Crippen molar-refractivity contribution in [1.29, 1.82) is 0 Å². The lowest BCUT2D eigenvalue weighted by molar-refractivity contribution is 0.0162. The number of carbonyl (C=O) groups excluding carboxylic acids is 1. The van der Waals surface area contributed by atoms with Crippen LogP contribution >= 0.6 is 0 Å². The second-order valence-corrected chi connectivity index (χ2v) is 6.87. The van der Waals surface area contributed by atoms with Crippen LogP contribution in [0.5, 0.6) is 0 Å². The molecule has 6 atom stereocenters. The Morgan fingerprint density at radius 3 is 2.65 bits per heavy atom. The highest BCUT2D eigenvalue weighted by atomic mass is 16.6. The molecule has 5 unspecified atom stereocenters. The summed E-state index contributed by atoms with van der Waals surface area (Å²) in [5.74, 6) is 1.41. The summed E-state index contributed by atoms with van der Waals surface area (Å²) in [6.45, 7) is 2.23. The summed E-state index contributed by atoms with van der Waals surface area (Å²) in [7, 11) is 0. The van der Waals surface area contributed by atoms with E-state index < -0.39 is 6.10 Å². The van der Waals surface area contributed by atoms with Crippen molar-refractivity contribution in [2.24, 2.45) is 11.8 Å². The Kier molecular flexibility index (Phi) is 2.96. The smallest absolute Gasteiger partial charge is 0.410 e. The standard InChI is InChI=1S/C15H24N2O3/c1-2-20-15(19)17-10-6-9-7-11(17)14(18)13(10)16-12(9)8-4-3-5-8/h8-14,16,18H,2-7H2,1H3/t9?,10?,11?,12?,13?,14-/m0/s1. The number of nitrogens with zero attached hydrogens (tertiary/aromatic N) is 1. The Morgan fingerprint density at radius 2 is 2.00 bits per heavy atom. The number of hydrogen-bond acceptors (Lipinski definition) is 4. The highest BCUT2D eigenvalue weighted by Crippen LogP contribution is 2.48. The molecule has 2 N–H and O–H groups in total. The van der Waals surface area contributed by atoms with Crippen LogP contribution in [0.2, 0.25) is 0 Å². The number of nitrogens with one attached hydrogen (secondary N) is 1. The maximum atomic E-state index is 12.1. The number of ether oxygens (including phenoxy) is 1. The zero-order valence-electron chi connectivity index (χ0n) is 12.0. The lowest BCUT2D eigenvalue weighted by Gasteiger charge is -2.49. The number of aliphatic hydroxyl groups is 1. The fourth-order valence-electron chi connectivity index (χ4n) is 4.93. The second kappa shape index (κ2) is 4.60. The molecular formula is C15H24N2O3. The maximum absolute atomic E-state index is 12.1. The highest BCUT2D eigenvalue weighted by Gasteiger charge is 2.60. The van der Waals surface area contributed by atoms with E-state index in [-0.39, 0.29) is 24.2 Å². The van der Waals surface area contributed by atoms with Gasteiger partial charge in [0, 0.05) is 6.04 Å². The fraction of sp³-hybridized carbons (Fsp3) is 0.933. The molecule has 3 bridgehead atoms. The van der Waals surface area contributed by atoms with Crippen molar-refractivity contribution >= 4 is 6.09 Å². The van der Waals surface area contributed by atoms with E-state index in [0.717, 1.165) is 18.8 Å². The quantitative estimate of drug-likeness (QED) is 0.795. The van der Waals surface area contributed by atoms with E-state index in [4.69, 9.17) is 4.74 Å². The second-order valence-electron chi connectivity index (χ2n) is 6.87. The van der Waals surface area contributed by atoms with Crippen molar-refractivity contribution in [2.45, 2.75) is 69.3 Å². The molecule has 1 amide bonds. The van der Waals surface area contributed by atoms with Gasteiger partial charge in [0.25, 0.3) is 0 Å². The Hall–Kier alpha value is -0.810. The first kappa shape index (κ1) is 12.9. The van der Waals surface area contributed by atoms with Crippen LogP contribution in [0.1, 0.15) is 39.0 Å². The molecule has 0 spiro atoms. The van der Waals surface area contributed by atoms with Gasteiger partial charge in [-0.2, -0.15) is 0 Å². The lowest BCUT2D eigenvalue weighted by atomic mass is 9.69. The summed E-state index contributed by atoms with van der Waals surface area (Å²) in [6, 6.07) is 0.701. The SMILES string of the molecule is CCOC(=O)N1C2CC3CC1[C@H](O)C2NC3C1CCC1. The summed E-state index contributed by atoms with van der Waals surface area (Å²) in [4.78, 5) is 13.9. The van der Waals surface area contributed by atoms with E-state index in [1.165, 1.54) is 19.3 Å². The van der Waals surface area contributed by atoms with E-state index in [1.807, 2.05) is 11.8 Å². The molecule has 0 aromatic rings. The van der Waals surface area contributed by atoms with Gasteiger partial charge in [0.15, 0.2) is 0 Å². The molecule has 3 saturated heterocycles. The van der Waals surface area contributed by atoms with Gasteiger partial charge in [-0.25, -0.2) is 4.79 Å². The third-order valence-corrected chi connectivity index (χ3v) is 6.01. The van der Waals surface area contributed by atoms with E-state index in [1.54, 1.807) is 0 Å². The van der Waals surface area contributed by atoms with E-state index in [9.17, 15) is 9.90 Å². The number of piperidine rings is 2. The molecule has 4 rings (SSSR count). The molecule has 0 radical (unpaired) electrons. The molecule has 5 nitrogen and oxygen atoms in total. The van der Waals surface area contributed by atoms with Crippen molar-refractivity contribution in [3.05, 3.63) is 0 Å². The van der Waals surface area contributed by atoms with Crippen molar-refractivity contribution in [2.75, 3.05) is 6.61 Å². The van der Waals surface area contributed by atoms with Crippen LogP contribution in [0.25, 0.3) is 0 Å². The van der Waals surface area contributed by atoms with Gasteiger partial charge in [0.2, 0.25) is 0 Å². The summed E-state index contributed by atoms with van der Waals surface area (Å²) in [6.07, 6.45) is 5.30. The Labute approximate surface area is 119 Å². The Morgan fingerprint density at radius 1 is 1.25 bits per heavy atom. The van der Waals surface area contributed by atoms with Crippen LogP contribution in [0.15, 0.2) is 0 Å². The van der Waals surface area contributed by atoms with Gasteiger partial charge in [0.1, 0.15) is 0 Å². The normalized spacial score (nSPS) is 46.4. The third kappa shape index (κ3) is 1.65. The zero-order chi connectivity index (χ0) is 13.9. The van der Waals surface area contributed by atoms with Crippen molar-refractivity contribution < 1.29 is 14.6 Å². The average molecular weight is 280 g/mol. The maximum Gasteiger partial charge on any atom is 0.410 e. The molecule has 1 saturated carbocycles. The molecular weight excluding hydrogens is 256 g/mol. The average Bonchev–Trinajstić information content (AvgIpc) is 2.48. The number of fused-ring (bicyclic) bond motifs is 2. The first-order chi connectivity index (χ1) is 9.70. The lowest BCUT2D eigenvalue weighted by Crippen LogP contribution is -2.62. The summed E-state index contributed by atoms with van der Waals surface area (Å²) >= 11 is 0. The molecule has 4 fully saturated rings. The molecule has 0 aromatic carbocycles. The van der Waals surface area contributed by atoms with Crippen molar-refractivity contribution in [3.8, 4) is 0 Å². The first-order valence-electron chi connectivity index (χ1n) is 8.10. The van der Waals surface area contributed by atoms with Crippen LogP contribution in [0.3, 0.4) is 0 Å². The van der Waals surface area contributed by atoms with Gasteiger partial charge in [-0.3, -0.25) is 4.90 Å². The van der Waals surface area contributed by atoms with Gasteiger partial charge in [0.05, 0.1) is 30.8 Å². The highest BCUT2D eigenvalue weighted by molar-refractivity contribution is 5.70. The summed E-state index contributed by atoms with van der Waals surface area (Å²) < 4.78 is 5.17. The van der Waals surface area contributed by atoms with Gasteiger partial charge < -0.3 is 15.2 Å². The fourth-order valence-corrected chi connectivity index (χ4v) is 4.93. The minimum absolute atomic E-state index is 0.0413. The van der Waals surface area contributed by atoms with E-state index in [0.29, 0.717) is 18.6 Å². The third-order valence-electron chi connectivity index (χ3n) is 6.01. The van der Waals surface area contributed by atoms with Crippen LogP contribution in [-0.4, -0.2) is 53.0 Å².